The molecule has 9 nitrogen and oxygen atoms in total. The van der Waals surface area contributed by atoms with Crippen molar-refractivity contribution in [2.75, 3.05) is 18.0 Å². The van der Waals surface area contributed by atoms with Gasteiger partial charge in [0.05, 0.1) is 29.7 Å². The summed E-state index contributed by atoms with van der Waals surface area (Å²) in [6.45, 7) is 8.19. The first-order valence-corrected chi connectivity index (χ1v) is 12.5. The molecule has 0 amide bonds. The first-order chi connectivity index (χ1) is 17.4. The van der Waals surface area contributed by atoms with Crippen molar-refractivity contribution in [3.05, 3.63) is 58.5 Å². The van der Waals surface area contributed by atoms with E-state index in [1.54, 1.807) is 33.1 Å². The van der Waals surface area contributed by atoms with Crippen LogP contribution in [0.25, 0.3) is 16.6 Å². The van der Waals surface area contributed by atoms with Crippen molar-refractivity contribution < 1.29 is 4.39 Å². The van der Waals surface area contributed by atoms with E-state index in [1.165, 1.54) is 6.20 Å². The summed E-state index contributed by atoms with van der Waals surface area (Å²) in [5, 5.41) is 17.9. The second kappa shape index (κ2) is 9.39. The summed E-state index contributed by atoms with van der Waals surface area (Å²) in [6, 6.07) is 8.19. The third-order valence-electron chi connectivity index (χ3n) is 7.64. The van der Waals surface area contributed by atoms with Crippen LogP contribution in [0.2, 0.25) is 0 Å². The lowest BCUT2D eigenvalue weighted by Crippen LogP contribution is -2.58. The molecule has 4 aromatic rings. The molecule has 1 saturated heterocycles. The van der Waals surface area contributed by atoms with Crippen molar-refractivity contribution in [1.82, 2.24) is 28.9 Å². The van der Waals surface area contributed by atoms with Crippen LogP contribution in [0, 0.1) is 17.1 Å². The highest BCUT2D eigenvalue weighted by Gasteiger charge is 2.36. The highest BCUT2D eigenvalue weighted by molar-refractivity contribution is 5.88. The molecule has 10 heteroatoms. The Hall–Kier alpha value is -3.71. The molecule has 36 heavy (non-hydrogen) atoms. The van der Waals surface area contributed by atoms with Gasteiger partial charge in [0, 0.05) is 50.5 Å². The quantitative estimate of drug-likeness (QED) is 0.411. The fourth-order valence-corrected chi connectivity index (χ4v) is 5.48. The van der Waals surface area contributed by atoms with E-state index in [2.05, 4.69) is 46.8 Å². The minimum Gasteiger partial charge on any atom is -0.364 e. The lowest BCUT2D eigenvalue weighted by molar-refractivity contribution is 0.101. The fraction of sp³-hybridized carbons (Fsp3) is 0.462. The van der Waals surface area contributed by atoms with Crippen molar-refractivity contribution in [3.63, 3.8) is 0 Å². The molecule has 0 aliphatic carbocycles. The van der Waals surface area contributed by atoms with Gasteiger partial charge in [-0.3, -0.25) is 14.4 Å². The van der Waals surface area contributed by atoms with Gasteiger partial charge in [-0.25, -0.2) is 8.91 Å². The van der Waals surface area contributed by atoms with Crippen LogP contribution in [-0.2, 0) is 13.6 Å². The highest BCUT2D eigenvalue weighted by Crippen LogP contribution is 2.34. The maximum absolute atomic E-state index is 14.2. The molecule has 5 heterocycles. The highest BCUT2D eigenvalue weighted by atomic mass is 19.1. The van der Waals surface area contributed by atoms with E-state index in [0.29, 0.717) is 5.52 Å². The zero-order valence-electron chi connectivity index (χ0n) is 21.1. The molecule has 0 aromatic carbocycles. The molecule has 0 radical (unpaired) electrons. The Morgan fingerprint density at radius 3 is 2.69 bits per heavy atom. The number of pyridine rings is 2. The zero-order valence-corrected chi connectivity index (χ0v) is 21.1. The van der Waals surface area contributed by atoms with Gasteiger partial charge in [0.25, 0.3) is 5.56 Å². The van der Waals surface area contributed by atoms with E-state index in [9.17, 15) is 9.18 Å². The number of halogens is 1. The average molecular weight is 491 g/mol. The average Bonchev–Trinajstić information content (AvgIpc) is 3.48. The van der Waals surface area contributed by atoms with E-state index in [-0.39, 0.29) is 36.0 Å². The Bertz CT molecular complexity index is 1510. The molecule has 4 aromatic heterocycles. The van der Waals surface area contributed by atoms with Crippen LogP contribution in [0.15, 0.2) is 41.6 Å². The van der Waals surface area contributed by atoms with Gasteiger partial charge in [-0.2, -0.15) is 15.5 Å². The minimum atomic E-state index is -0.321. The number of fused-ring (bicyclic) bond motifs is 2. The molecule has 0 spiro atoms. The van der Waals surface area contributed by atoms with Crippen LogP contribution in [0.4, 0.5) is 10.1 Å². The number of rotatable bonds is 6. The molecular formula is C26H31FN8O. The zero-order chi connectivity index (χ0) is 25.6. The number of hydrogen-bond donors (Lipinski definition) is 0. The van der Waals surface area contributed by atoms with Gasteiger partial charge in [-0.1, -0.05) is 13.8 Å². The maximum atomic E-state index is 14.2. The van der Waals surface area contributed by atoms with Gasteiger partial charge in [0.15, 0.2) is 5.82 Å². The van der Waals surface area contributed by atoms with Gasteiger partial charge in [-0.05, 0) is 37.5 Å². The predicted molar refractivity (Wildman–Crippen MR) is 136 cm³/mol. The number of aromatic nitrogens is 5. The summed E-state index contributed by atoms with van der Waals surface area (Å²) >= 11 is 0. The second-order valence-electron chi connectivity index (χ2n) is 9.58. The molecule has 0 N–H and O–H groups in total. The molecule has 5 rings (SSSR count). The van der Waals surface area contributed by atoms with E-state index >= 15 is 0 Å². The monoisotopic (exact) mass is 490 g/mol. The van der Waals surface area contributed by atoms with Gasteiger partial charge in [-0.15, -0.1) is 0 Å². The predicted octanol–water partition coefficient (Wildman–Crippen LogP) is 3.49. The summed E-state index contributed by atoms with van der Waals surface area (Å²) in [5.41, 5.74) is 3.73. The second-order valence-corrected chi connectivity index (χ2v) is 9.58. The van der Waals surface area contributed by atoms with E-state index in [1.807, 2.05) is 18.3 Å². The van der Waals surface area contributed by atoms with Crippen LogP contribution < -0.4 is 10.5 Å². The number of anilines is 1. The van der Waals surface area contributed by atoms with Crippen molar-refractivity contribution in [2.24, 2.45) is 7.05 Å². The van der Waals surface area contributed by atoms with Crippen LogP contribution in [-0.4, -0.2) is 54.0 Å². The Kier molecular flexibility index (Phi) is 6.26. The Labute approximate surface area is 208 Å². The summed E-state index contributed by atoms with van der Waals surface area (Å²) in [4.78, 5) is 17.7. The molecule has 1 aliphatic rings. The smallest absolute Gasteiger partial charge is 0.252 e. The molecule has 0 unspecified atom stereocenters. The summed E-state index contributed by atoms with van der Waals surface area (Å²) < 4.78 is 18.9. The Morgan fingerprint density at radius 1 is 1.19 bits per heavy atom. The van der Waals surface area contributed by atoms with E-state index in [0.717, 1.165) is 48.2 Å². The topological polar surface area (TPSA) is 87.4 Å². The molecule has 0 saturated carbocycles. The third-order valence-corrected chi connectivity index (χ3v) is 7.64. The van der Waals surface area contributed by atoms with E-state index in [4.69, 9.17) is 5.26 Å². The molecule has 3 atom stereocenters. The van der Waals surface area contributed by atoms with Gasteiger partial charge in [0.2, 0.25) is 0 Å². The van der Waals surface area contributed by atoms with Crippen molar-refractivity contribution in [3.8, 4) is 6.07 Å². The first kappa shape index (κ1) is 24.0. The molecule has 1 fully saturated rings. The largest absolute Gasteiger partial charge is 0.364 e. The Balaban J connectivity index is 1.51. The maximum Gasteiger partial charge on any atom is 0.252 e. The fourth-order valence-electron chi connectivity index (χ4n) is 5.48. The number of nitrogens with zero attached hydrogens (tertiary/aromatic N) is 8. The molecule has 188 valence electrons. The van der Waals surface area contributed by atoms with Crippen molar-refractivity contribution >= 4 is 22.2 Å². The third kappa shape index (κ3) is 3.93. The van der Waals surface area contributed by atoms with Crippen molar-refractivity contribution in [2.45, 2.75) is 58.3 Å². The molecular weight excluding hydrogens is 459 g/mol. The number of piperazine rings is 1. The number of hydrogen-bond acceptors (Lipinski definition) is 6. The van der Waals surface area contributed by atoms with Gasteiger partial charge < -0.3 is 9.47 Å². The number of nitriles is 1. The van der Waals surface area contributed by atoms with Gasteiger partial charge >= 0.3 is 0 Å². The van der Waals surface area contributed by atoms with Crippen LogP contribution in [0.3, 0.4) is 0 Å². The summed E-state index contributed by atoms with van der Waals surface area (Å²) in [5.74, 6) is -0.321. The van der Waals surface area contributed by atoms with Crippen LogP contribution >= 0.6 is 0 Å². The lowest BCUT2D eigenvalue weighted by Gasteiger charge is -2.49. The van der Waals surface area contributed by atoms with Crippen LogP contribution in [0.1, 0.15) is 45.2 Å². The lowest BCUT2D eigenvalue weighted by atomic mass is 9.96. The van der Waals surface area contributed by atoms with E-state index < -0.39 is 0 Å². The van der Waals surface area contributed by atoms with Crippen molar-refractivity contribution in [1.29, 1.82) is 5.26 Å². The first-order valence-electron chi connectivity index (χ1n) is 12.5. The molecule has 1 aliphatic heterocycles. The summed E-state index contributed by atoms with van der Waals surface area (Å²) in [6.07, 6.45) is 6.65. The number of aryl methyl sites for hydroxylation is 1. The molecule has 0 bridgehead atoms. The van der Waals surface area contributed by atoms with Crippen LogP contribution in [0.5, 0.6) is 0 Å². The SMILES string of the molecule is CC[C@H]1CN([C@@H](C)c2ccn3ncc(F)c3c2)[C@H](CC)CN1c1cc(=O)n(C)c2cn(CC#N)nc12. The summed E-state index contributed by atoms with van der Waals surface area (Å²) in [7, 11) is 1.73. The Morgan fingerprint density at radius 2 is 1.97 bits per heavy atom. The minimum absolute atomic E-state index is 0.0870. The normalized spacial score (nSPS) is 19.7. The standard InChI is InChI=1S/C26H31FN8O/c1-5-19-15-34(23-12-25(36)31(4)24-16-32(10-8-28)30-26(23)24)20(6-2)14-33(19)17(3)18-7-9-35-22(11-18)21(27)13-29-35/h7,9,11-13,16-17,19-20H,5-6,10,14-15H2,1-4H3/t17-,19+,20-/m0/s1. The van der Waals surface area contributed by atoms with Gasteiger partial charge in [0.1, 0.15) is 17.6 Å².